The summed E-state index contributed by atoms with van der Waals surface area (Å²) in [5.74, 6) is 0.717. The fourth-order valence-corrected chi connectivity index (χ4v) is 3.71. The molecule has 0 saturated heterocycles. The van der Waals surface area contributed by atoms with Crippen LogP contribution in [0.15, 0.2) is 42.9 Å². The first-order valence-corrected chi connectivity index (χ1v) is 10.1. The molecule has 30 heavy (non-hydrogen) atoms. The molecular formula is C21H24N6O3. The molecule has 1 aromatic carbocycles. The Kier molecular flexibility index (Phi) is 6.17. The van der Waals surface area contributed by atoms with Gasteiger partial charge in [0, 0.05) is 12.5 Å². The Bertz CT molecular complexity index is 998. The van der Waals surface area contributed by atoms with E-state index in [0.29, 0.717) is 29.3 Å². The highest BCUT2D eigenvalue weighted by molar-refractivity contribution is 5.98. The van der Waals surface area contributed by atoms with Gasteiger partial charge in [-0.1, -0.05) is 30.3 Å². The number of aromatic nitrogens is 4. The highest BCUT2D eigenvalue weighted by Crippen LogP contribution is 2.29. The van der Waals surface area contributed by atoms with E-state index in [9.17, 15) is 9.59 Å². The third-order valence-corrected chi connectivity index (χ3v) is 5.45. The van der Waals surface area contributed by atoms with Crippen LogP contribution in [0.3, 0.4) is 0 Å². The molecule has 3 aromatic rings. The molecule has 156 valence electrons. The van der Waals surface area contributed by atoms with Gasteiger partial charge in [0.25, 0.3) is 0 Å². The van der Waals surface area contributed by atoms with Crippen molar-refractivity contribution < 1.29 is 14.3 Å². The summed E-state index contributed by atoms with van der Waals surface area (Å²) < 4.78 is 5.24. The topological polar surface area (TPSA) is 122 Å². The van der Waals surface area contributed by atoms with Crippen molar-refractivity contribution >= 4 is 28.9 Å². The van der Waals surface area contributed by atoms with Gasteiger partial charge in [-0.15, -0.1) is 0 Å². The van der Waals surface area contributed by atoms with Crippen molar-refractivity contribution in [3.63, 3.8) is 0 Å². The number of fused-ring (bicyclic) bond motifs is 1. The number of nitrogens with one attached hydrogen (secondary N) is 3. The maximum Gasteiger partial charge on any atom is 0.407 e. The van der Waals surface area contributed by atoms with Crippen molar-refractivity contribution in [2.45, 2.75) is 32.3 Å². The second-order valence-corrected chi connectivity index (χ2v) is 7.50. The smallest absolute Gasteiger partial charge is 0.407 e. The summed E-state index contributed by atoms with van der Waals surface area (Å²) in [6.07, 6.45) is 5.89. The van der Waals surface area contributed by atoms with Gasteiger partial charge >= 0.3 is 6.09 Å². The molecule has 9 nitrogen and oxygen atoms in total. The van der Waals surface area contributed by atoms with E-state index in [4.69, 9.17) is 4.74 Å². The number of anilines is 1. The highest BCUT2D eigenvalue weighted by Gasteiger charge is 2.27. The number of rotatable bonds is 6. The molecule has 0 radical (unpaired) electrons. The maximum absolute atomic E-state index is 12.6. The highest BCUT2D eigenvalue weighted by atomic mass is 16.5. The standard InChI is InChI=1S/C21H24N6O3/c28-20(26-18-17-11-25-27-19(17)24-13-23-18)16-8-6-14(7-9-16)10-22-21(29)30-12-15-4-2-1-3-5-15/h1-5,11,13-14,16H,6-10,12H2,(H,22,29)(H2,23,24,25,26,27,28). The van der Waals surface area contributed by atoms with Gasteiger partial charge in [-0.25, -0.2) is 14.8 Å². The fraction of sp³-hybridized carbons (Fsp3) is 0.381. The molecule has 1 aliphatic carbocycles. The number of aromatic amines is 1. The number of nitrogens with zero attached hydrogens (tertiary/aromatic N) is 3. The minimum absolute atomic E-state index is 0.0371. The van der Waals surface area contributed by atoms with E-state index in [0.717, 1.165) is 31.2 Å². The summed E-state index contributed by atoms with van der Waals surface area (Å²) in [5, 5.41) is 13.1. The number of carbonyl (C=O) groups excluding carboxylic acids is 2. The van der Waals surface area contributed by atoms with Crippen LogP contribution in [0.2, 0.25) is 0 Å². The minimum atomic E-state index is -0.411. The summed E-state index contributed by atoms with van der Waals surface area (Å²) in [6.45, 7) is 0.816. The van der Waals surface area contributed by atoms with Crippen molar-refractivity contribution in [3.05, 3.63) is 48.4 Å². The first-order chi connectivity index (χ1) is 14.7. The van der Waals surface area contributed by atoms with Gasteiger partial charge < -0.3 is 15.4 Å². The number of hydrogen-bond acceptors (Lipinski definition) is 6. The Labute approximate surface area is 173 Å². The molecule has 0 aliphatic heterocycles. The maximum atomic E-state index is 12.6. The van der Waals surface area contributed by atoms with Crippen LogP contribution in [0.5, 0.6) is 0 Å². The predicted molar refractivity (Wildman–Crippen MR) is 110 cm³/mol. The van der Waals surface area contributed by atoms with Crippen LogP contribution in [0, 0.1) is 11.8 Å². The number of carbonyl (C=O) groups is 2. The van der Waals surface area contributed by atoms with Gasteiger partial charge in [-0.05, 0) is 37.2 Å². The van der Waals surface area contributed by atoms with E-state index >= 15 is 0 Å². The largest absolute Gasteiger partial charge is 0.445 e. The number of ether oxygens (including phenoxy) is 1. The molecule has 2 heterocycles. The summed E-state index contributed by atoms with van der Waals surface area (Å²) in [6, 6.07) is 9.57. The Morgan fingerprint density at radius 1 is 1.10 bits per heavy atom. The molecule has 0 spiro atoms. The number of benzene rings is 1. The third kappa shape index (κ3) is 4.91. The quantitative estimate of drug-likeness (QED) is 0.576. The molecular weight excluding hydrogens is 384 g/mol. The van der Waals surface area contributed by atoms with Gasteiger partial charge in [-0.2, -0.15) is 5.10 Å². The van der Waals surface area contributed by atoms with Gasteiger partial charge in [-0.3, -0.25) is 9.89 Å². The van der Waals surface area contributed by atoms with Crippen LogP contribution in [-0.4, -0.2) is 38.7 Å². The zero-order valence-electron chi connectivity index (χ0n) is 16.5. The molecule has 3 N–H and O–H groups in total. The van der Waals surface area contributed by atoms with Crippen LogP contribution in [0.1, 0.15) is 31.2 Å². The average molecular weight is 408 g/mol. The SMILES string of the molecule is O=C(NCC1CCC(C(=O)Nc2ncnc3[nH]ncc23)CC1)OCc1ccccc1. The van der Waals surface area contributed by atoms with Crippen molar-refractivity contribution in [1.82, 2.24) is 25.5 Å². The van der Waals surface area contributed by atoms with Crippen molar-refractivity contribution in [1.29, 1.82) is 0 Å². The van der Waals surface area contributed by atoms with E-state index in [2.05, 4.69) is 30.8 Å². The second-order valence-electron chi connectivity index (χ2n) is 7.50. The first-order valence-electron chi connectivity index (χ1n) is 10.1. The zero-order valence-corrected chi connectivity index (χ0v) is 16.5. The molecule has 1 fully saturated rings. The Balaban J connectivity index is 1.19. The summed E-state index contributed by atoms with van der Waals surface area (Å²) in [4.78, 5) is 32.8. The lowest BCUT2D eigenvalue weighted by molar-refractivity contribution is -0.121. The molecule has 2 aromatic heterocycles. The van der Waals surface area contributed by atoms with E-state index in [1.807, 2.05) is 30.3 Å². The van der Waals surface area contributed by atoms with E-state index in [1.54, 1.807) is 6.20 Å². The Hall–Kier alpha value is -3.49. The fourth-order valence-electron chi connectivity index (χ4n) is 3.71. The van der Waals surface area contributed by atoms with E-state index in [-0.39, 0.29) is 18.4 Å². The molecule has 1 aliphatic rings. The van der Waals surface area contributed by atoms with Crippen molar-refractivity contribution in [3.8, 4) is 0 Å². The van der Waals surface area contributed by atoms with E-state index < -0.39 is 6.09 Å². The zero-order chi connectivity index (χ0) is 20.8. The molecule has 0 atom stereocenters. The molecule has 0 bridgehead atoms. The lowest BCUT2D eigenvalue weighted by Gasteiger charge is -2.27. The van der Waals surface area contributed by atoms with Gasteiger partial charge in [0.2, 0.25) is 5.91 Å². The number of alkyl carbamates (subject to hydrolysis) is 1. The molecule has 4 rings (SSSR count). The number of amides is 2. The summed E-state index contributed by atoms with van der Waals surface area (Å²) >= 11 is 0. The monoisotopic (exact) mass is 408 g/mol. The number of H-pyrrole nitrogens is 1. The molecule has 0 unspecified atom stereocenters. The first kappa shape index (κ1) is 19.8. The third-order valence-electron chi connectivity index (χ3n) is 5.45. The molecule has 9 heteroatoms. The summed E-state index contributed by atoms with van der Waals surface area (Å²) in [5.41, 5.74) is 1.55. The van der Waals surface area contributed by atoms with Crippen LogP contribution in [0.4, 0.5) is 10.6 Å². The van der Waals surface area contributed by atoms with Crippen LogP contribution in [0.25, 0.3) is 11.0 Å². The number of hydrogen-bond donors (Lipinski definition) is 3. The molecule has 1 saturated carbocycles. The Morgan fingerprint density at radius 3 is 2.70 bits per heavy atom. The van der Waals surface area contributed by atoms with Crippen molar-refractivity contribution in [2.75, 3.05) is 11.9 Å². The Morgan fingerprint density at radius 2 is 1.90 bits per heavy atom. The van der Waals surface area contributed by atoms with Gasteiger partial charge in [0.05, 0.1) is 11.6 Å². The molecule has 2 amide bonds. The summed E-state index contributed by atoms with van der Waals surface area (Å²) in [7, 11) is 0. The van der Waals surface area contributed by atoms with Crippen LogP contribution in [-0.2, 0) is 16.1 Å². The van der Waals surface area contributed by atoms with E-state index in [1.165, 1.54) is 6.33 Å². The lowest BCUT2D eigenvalue weighted by atomic mass is 9.81. The predicted octanol–water partition coefficient (Wildman–Crippen LogP) is 3.02. The van der Waals surface area contributed by atoms with Crippen molar-refractivity contribution in [2.24, 2.45) is 11.8 Å². The van der Waals surface area contributed by atoms with Crippen LogP contribution < -0.4 is 10.6 Å². The van der Waals surface area contributed by atoms with Crippen LogP contribution >= 0.6 is 0 Å². The lowest BCUT2D eigenvalue weighted by Crippen LogP contribution is -2.34. The van der Waals surface area contributed by atoms with Gasteiger partial charge in [0.1, 0.15) is 18.8 Å². The average Bonchev–Trinajstić information content (AvgIpc) is 3.27. The normalized spacial score (nSPS) is 18.7. The van der Waals surface area contributed by atoms with Gasteiger partial charge in [0.15, 0.2) is 5.65 Å². The second kappa shape index (κ2) is 9.34. The minimum Gasteiger partial charge on any atom is -0.445 e.